The van der Waals surface area contributed by atoms with E-state index in [9.17, 15) is 18.0 Å². The third kappa shape index (κ3) is 5.04. The molecule has 1 aromatic rings. The fourth-order valence-corrected chi connectivity index (χ4v) is 5.45. The Hall–Kier alpha value is -1.64. The Morgan fingerprint density at radius 2 is 1.75 bits per heavy atom. The number of hydrogen-bond donors (Lipinski definition) is 2. The highest BCUT2D eigenvalue weighted by Crippen LogP contribution is 2.25. The Morgan fingerprint density at radius 1 is 1.07 bits per heavy atom. The zero-order valence-electron chi connectivity index (χ0n) is 15.7. The molecular weight excluding hydrogens is 402 g/mol. The van der Waals surface area contributed by atoms with E-state index in [-0.39, 0.29) is 34.0 Å². The maximum Gasteiger partial charge on any atom is 0.253 e. The van der Waals surface area contributed by atoms with Crippen molar-refractivity contribution >= 4 is 33.4 Å². The number of hydrogen-bond acceptors (Lipinski definition) is 4. The zero-order valence-corrected chi connectivity index (χ0v) is 17.3. The van der Waals surface area contributed by atoms with E-state index in [0.29, 0.717) is 13.1 Å². The summed E-state index contributed by atoms with van der Waals surface area (Å²) in [5.74, 6) is -0.820. The van der Waals surface area contributed by atoms with Crippen molar-refractivity contribution in [2.45, 2.75) is 55.9 Å². The number of nitrogens with zero attached hydrogens (tertiary/aromatic N) is 1. The Morgan fingerprint density at radius 3 is 2.43 bits per heavy atom. The maximum atomic E-state index is 12.7. The second-order valence-electron chi connectivity index (χ2n) is 7.34. The van der Waals surface area contributed by atoms with Gasteiger partial charge < -0.3 is 10.6 Å². The Labute approximate surface area is 170 Å². The molecule has 0 atom stereocenters. The van der Waals surface area contributed by atoms with Crippen molar-refractivity contribution < 1.29 is 18.0 Å². The van der Waals surface area contributed by atoms with Gasteiger partial charge in [-0.3, -0.25) is 9.59 Å². The molecule has 3 rings (SSSR count). The van der Waals surface area contributed by atoms with Gasteiger partial charge in [0, 0.05) is 19.1 Å². The van der Waals surface area contributed by atoms with E-state index < -0.39 is 15.9 Å². The van der Waals surface area contributed by atoms with Crippen molar-refractivity contribution in [3.8, 4) is 0 Å². The quantitative estimate of drug-likeness (QED) is 0.728. The highest BCUT2D eigenvalue weighted by Gasteiger charge is 2.28. The minimum atomic E-state index is -3.65. The van der Waals surface area contributed by atoms with E-state index >= 15 is 0 Å². The lowest BCUT2D eigenvalue weighted by atomic mass is 9.95. The molecule has 154 valence electrons. The number of sulfonamides is 1. The molecule has 0 spiro atoms. The van der Waals surface area contributed by atoms with Gasteiger partial charge in [-0.1, -0.05) is 30.9 Å². The molecule has 1 aliphatic carbocycles. The number of nitrogens with one attached hydrogen (secondary N) is 2. The molecule has 0 unspecified atom stereocenters. The lowest BCUT2D eigenvalue weighted by molar-refractivity contribution is -0.121. The first-order chi connectivity index (χ1) is 13.4. The summed E-state index contributed by atoms with van der Waals surface area (Å²) in [4.78, 5) is 24.6. The first-order valence-electron chi connectivity index (χ1n) is 9.75. The largest absolute Gasteiger partial charge is 0.352 e. The fraction of sp³-hybridized carbons (Fsp3) is 0.579. The van der Waals surface area contributed by atoms with Gasteiger partial charge in [0.25, 0.3) is 5.91 Å². The van der Waals surface area contributed by atoms with Crippen LogP contribution in [-0.2, 0) is 14.8 Å². The second-order valence-corrected chi connectivity index (χ2v) is 9.68. The van der Waals surface area contributed by atoms with E-state index in [1.165, 1.54) is 28.9 Å². The highest BCUT2D eigenvalue weighted by molar-refractivity contribution is 7.89. The summed E-state index contributed by atoms with van der Waals surface area (Å²) in [5, 5.41) is 5.60. The monoisotopic (exact) mass is 427 g/mol. The van der Waals surface area contributed by atoms with Crippen LogP contribution in [-0.4, -0.2) is 50.2 Å². The van der Waals surface area contributed by atoms with Gasteiger partial charge in [-0.05, 0) is 43.9 Å². The third-order valence-electron chi connectivity index (χ3n) is 5.27. The Kier molecular flexibility index (Phi) is 6.95. The van der Waals surface area contributed by atoms with Gasteiger partial charge in [-0.2, -0.15) is 4.31 Å². The van der Waals surface area contributed by atoms with Gasteiger partial charge in [0.2, 0.25) is 15.9 Å². The van der Waals surface area contributed by atoms with E-state index in [1.807, 2.05) is 0 Å². The Bertz CT molecular complexity index is 832. The number of carbonyl (C=O) groups is 2. The average molecular weight is 428 g/mol. The number of halogens is 1. The standard InChI is InChI=1S/C19H26ClN3O4S/c20-17-9-8-15(28(26,27)23-10-4-5-11-23)12-16(17)19(25)21-13-18(24)22-14-6-2-1-3-7-14/h8-9,12,14H,1-7,10-11,13H2,(H,21,25)(H,22,24). The van der Waals surface area contributed by atoms with E-state index in [1.54, 1.807) is 0 Å². The first kappa shape index (κ1) is 21.1. The van der Waals surface area contributed by atoms with Crippen molar-refractivity contribution in [2.75, 3.05) is 19.6 Å². The normalized spacial score (nSPS) is 18.8. The van der Waals surface area contributed by atoms with Gasteiger partial charge in [0.15, 0.2) is 0 Å². The lowest BCUT2D eigenvalue weighted by Crippen LogP contribution is -2.42. The Balaban J connectivity index is 1.63. The SMILES string of the molecule is O=C(CNC(=O)c1cc(S(=O)(=O)N2CCCC2)ccc1Cl)NC1CCCCC1. The average Bonchev–Trinajstić information content (AvgIpc) is 3.23. The van der Waals surface area contributed by atoms with E-state index in [0.717, 1.165) is 38.5 Å². The molecule has 28 heavy (non-hydrogen) atoms. The minimum Gasteiger partial charge on any atom is -0.352 e. The second kappa shape index (κ2) is 9.24. The molecule has 9 heteroatoms. The number of amides is 2. The summed E-state index contributed by atoms with van der Waals surface area (Å²) in [6.07, 6.45) is 6.98. The summed E-state index contributed by atoms with van der Waals surface area (Å²) < 4.78 is 26.8. The molecule has 0 bridgehead atoms. The minimum absolute atomic E-state index is 0.0376. The topological polar surface area (TPSA) is 95.6 Å². The molecule has 1 saturated carbocycles. The molecular formula is C19H26ClN3O4S. The molecule has 1 aliphatic heterocycles. The van der Waals surface area contributed by atoms with Crippen LogP contribution in [0.25, 0.3) is 0 Å². The molecule has 2 N–H and O–H groups in total. The fourth-order valence-electron chi connectivity index (χ4n) is 3.70. The number of benzene rings is 1. The first-order valence-corrected chi connectivity index (χ1v) is 11.6. The summed E-state index contributed by atoms with van der Waals surface area (Å²) in [6.45, 7) is 0.788. The number of rotatable bonds is 6. The zero-order chi connectivity index (χ0) is 20.1. The molecule has 1 aromatic carbocycles. The van der Waals surface area contributed by atoms with Crippen LogP contribution >= 0.6 is 11.6 Å². The van der Waals surface area contributed by atoms with Gasteiger partial charge in [0.05, 0.1) is 22.0 Å². The van der Waals surface area contributed by atoms with Crippen molar-refractivity contribution in [3.63, 3.8) is 0 Å². The van der Waals surface area contributed by atoms with E-state index in [4.69, 9.17) is 11.6 Å². The van der Waals surface area contributed by atoms with Gasteiger partial charge in [-0.25, -0.2) is 8.42 Å². The summed E-state index contributed by atoms with van der Waals surface area (Å²) in [5.41, 5.74) is 0.0485. The summed E-state index contributed by atoms with van der Waals surface area (Å²) in [6, 6.07) is 4.25. The molecule has 1 saturated heterocycles. The van der Waals surface area contributed by atoms with E-state index in [2.05, 4.69) is 10.6 Å². The van der Waals surface area contributed by atoms with Crippen molar-refractivity contribution in [3.05, 3.63) is 28.8 Å². The predicted octanol–water partition coefficient (Wildman–Crippen LogP) is 2.30. The van der Waals surface area contributed by atoms with Gasteiger partial charge in [-0.15, -0.1) is 0 Å². The van der Waals surface area contributed by atoms with Crippen LogP contribution in [0.1, 0.15) is 55.3 Å². The van der Waals surface area contributed by atoms with Crippen molar-refractivity contribution in [1.82, 2.24) is 14.9 Å². The van der Waals surface area contributed by atoms with Crippen molar-refractivity contribution in [1.29, 1.82) is 0 Å². The lowest BCUT2D eigenvalue weighted by Gasteiger charge is -2.22. The summed E-state index contributed by atoms with van der Waals surface area (Å²) >= 11 is 6.10. The van der Waals surface area contributed by atoms with Crippen LogP contribution in [0.4, 0.5) is 0 Å². The van der Waals surface area contributed by atoms with Crippen LogP contribution in [0.3, 0.4) is 0 Å². The predicted molar refractivity (Wildman–Crippen MR) is 107 cm³/mol. The number of carbonyl (C=O) groups excluding carboxylic acids is 2. The van der Waals surface area contributed by atoms with Gasteiger partial charge >= 0.3 is 0 Å². The molecule has 2 aliphatic rings. The molecule has 2 amide bonds. The van der Waals surface area contributed by atoms with Crippen LogP contribution in [0.2, 0.25) is 5.02 Å². The van der Waals surface area contributed by atoms with Crippen LogP contribution in [0, 0.1) is 0 Å². The maximum absolute atomic E-state index is 12.7. The van der Waals surface area contributed by atoms with Crippen LogP contribution in [0.15, 0.2) is 23.1 Å². The van der Waals surface area contributed by atoms with Gasteiger partial charge in [0.1, 0.15) is 0 Å². The van der Waals surface area contributed by atoms with Crippen LogP contribution in [0.5, 0.6) is 0 Å². The molecule has 0 radical (unpaired) electrons. The smallest absolute Gasteiger partial charge is 0.253 e. The molecule has 0 aromatic heterocycles. The summed E-state index contributed by atoms with van der Waals surface area (Å²) in [7, 11) is -3.65. The molecule has 2 fully saturated rings. The van der Waals surface area contributed by atoms with Crippen LogP contribution < -0.4 is 10.6 Å². The molecule has 1 heterocycles. The molecule has 7 nitrogen and oxygen atoms in total. The highest BCUT2D eigenvalue weighted by atomic mass is 35.5. The third-order valence-corrected chi connectivity index (χ3v) is 7.49. The van der Waals surface area contributed by atoms with Crippen molar-refractivity contribution in [2.24, 2.45) is 0 Å².